The highest BCUT2D eigenvalue weighted by Gasteiger charge is 2.34. The van der Waals surface area contributed by atoms with E-state index < -0.39 is 12.0 Å². The van der Waals surface area contributed by atoms with Crippen LogP contribution in [0.3, 0.4) is 0 Å². The standard InChI is InChI=1S/C16H13N5O2/c1-9-13(15(22)23)14(21-16(17-9)18-19-20-21)12-8-4-6-10-5-2-3-7-11(10)12/h2-8,14H,1H3,(H,22,23)(H,17,18,20). The molecule has 1 aromatic heterocycles. The quantitative estimate of drug-likeness (QED) is 0.754. The van der Waals surface area contributed by atoms with E-state index in [1.165, 1.54) is 4.68 Å². The smallest absolute Gasteiger partial charge is 0.335 e. The second-order valence-corrected chi connectivity index (χ2v) is 5.39. The van der Waals surface area contributed by atoms with Crippen LogP contribution in [-0.4, -0.2) is 31.3 Å². The van der Waals surface area contributed by atoms with Crippen LogP contribution in [0.4, 0.5) is 5.95 Å². The zero-order valence-electron chi connectivity index (χ0n) is 12.3. The van der Waals surface area contributed by atoms with Gasteiger partial charge in [0.25, 0.3) is 0 Å². The van der Waals surface area contributed by atoms with Crippen LogP contribution in [0.25, 0.3) is 10.8 Å². The van der Waals surface area contributed by atoms with E-state index >= 15 is 0 Å². The molecule has 4 rings (SSSR count). The Labute approximate surface area is 131 Å². The Bertz CT molecular complexity index is 955. The minimum Gasteiger partial charge on any atom is -0.478 e. The lowest BCUT2D eigenvalue weighted by Crippen LogP contribution is -2.28. The van der Waals surface area contributed by atoms with E-state index in [0.717, 1.165) is 16.3 Å². The molecule has 0 amide bonds. The molecule has 2 heterocycles. The third-order valence-electron chi connectivity index (χ3n) is 4.06. The molecule has 23 heavy (non-hydrogen) atoms. The van der Waals surface area contributed by atoms with Crippen LogP contribution >= 0.6 is 0 Å². The Morgan fingerprint density at radius 1 is 1.22 bits per heavy atom. The second kappa shape index (κ2) is 4.91. The summed E-state index contributed by atoms with van der Waals surface area (Å²) >= 11 is 0. The molecule has 1 unspecified atom stereocenters. The third-order valence-corrected chi connectivity index (χ3v) is 4.06. The summed E-state index contributed by atoms with van der Waals surface area (Å²) in [5.74, 6) is -0.556. The number of carboxylic acid groups (broad SMARTS) is 1. The van der Waals surface area contributed by atoms with Crippen molar-refractivity contribution < 1.29 is 9.90 Å². The van der Waals surface area contributed by atoms with Gasteiger partial charge in [0.1, 0.15) is 6.04 Å². The summed E-state index contributed by atoms with van der Waals surface area (Å²) in [7, 11) is 0. The fraction of sp³-hybridized carbons (Fsp3) is 0.125. The number of tetrazole rings is 1. The van der Waals surface area contributed by atoms with Crippen molar-refractivity contribution in [1.82, 2.24) is 20.2 Å². The van der Waals surface area contributed by atoms with Crippen molar-refractivity contribution in [2.45, 2.75) is 13.0 Å². The Hall–Kier alpha value is -3.22. The number of carboxylic acids is 1. The fourth-order valence-corrected chi connectivity index (χ4v) is 3.07. The number of nitrogens with zero attached hydrogens (tertiary/aromatic N) is 4. The van der Waals surface area contributed by atoms with E-state index in [1.807, 2.05) is 42.5 Å². The monoisotopic (exact) mass is 307 g/mol. The topological polar surface area (TPSA) is 92.9 Å². The van der Waals surface area contributed by atoms with E-state index in [4.69, 9.17) is 0 Å². The largest absolute Gasteiger partial charge is 0.478 e. The maximum absolute atomic E-state index is 11.8. The van der Waals surface area contributed by atoms with Gasteiger partial charge in [-0.25, -0.2) is 4.79 Å². The van der Waals surface area contributed by atoms with Crippen molar-refractivity contribution in [3.8, 4) is 0 Å². The molecule has 0 saturated heterocycles. The minimum absolute atomic E-state index is 0.237. The van der Waals surface area contributed by atoms with Crippen molar-refractivity contribution in [2.75, 3.05) is 5.32 Å². The van der Waals surface area contributed by atoms with E-state index in [0.29, 0.717) is 11.6 Å². The second-order valence-electron chi connectivity index (χ2n) is 5.39. The number of benzene rings is 2. The Morgan fingerprint density at radius 3 is 2.83 bits per heavy atom. The highest BCUT2D eigenvalue weighted by atomic mass is 16.4. The first-order chi connectivity index (χ1) is 11.2. The molecule has 1 aliphatic heterocycles. The number of fused-ring (bicyclic) bond motifs is 2. The van der Waals surface area contributed by atoms with Crippen LogP contribution in [-0.2, 0) is 4.79 Å². The molecule has 1 aliphatic rings. The highest BCUT2D eigenvalue weighted by Crippen LogP contribution is 2.37. The third kappa shape index (κ3) is 1.97. The first-order valence-corrected chi connectivity index (χ1v) is 7.13. The summed E-state index contributed by atoms with van der Waals surface area (Å²) < 4.78 is 1.51. The van der Waals surface area contributed by atoms with Gasteiger partial charge in [0, 0.05) is 5.70 Å². The van der Waals surface area contributed by atoms with Gasteiger partial charge in [0.2, 0.25) is 5.95 Å². The van der Waals surface area contributed by atoms with Crippen LogP contribution in [0.2, 0.25) is 0 Å². The zero-order valence-corrected chi connectivity index (χ0v) is 12.3. The molecule has 3 aromatic rings. The summed E-state index contributed by atoms with van der Waals surface area (Å²) in [6, 6.07) is 13.1. The van der Waals surface area contributed by atoms with Crippen LogP contribution in [0.5, 0.6) is 0 Å². The molecule has 0 bridgehead atoms. The maximum atomic E-state index is 11.8. The molecule has 114 valence electrons. The van der Waals surface area contributed by atoms with Crippen LogP contribution in [0.1, 0.15) is 18.5 Å². The average Bonchev–Trinajstić information content (AvgIpc) is 3.00. The number of hydrogen-bond acceptors (Lipinski definition) is 5. The number of allylic oxidation sites excluding steroid dienone is 1. The summed E-state index contributed by atoms with van der Waals surface area (Å²) in [6.07, 6.45) is 0. The Morgan fingerprint density at radius 2 is 2.00 bits per heavy atom. The lowest BCUT2D eigenvalue weighted by Gasteiger charge is -2.27. The van der Waals surface area contributed by atoms with Crippen molar-refractivity contribution >= 4 is 22.7 Å². The number of anilines is 1. The van der Waals surface area contributed by atoms with Crippen LogP contribution in [0, 0.1) is 0 Å². The highest BCUT2D eigenvalue weighted by molar-refractivity contribution is 5.93. The molecular formula is C16H13N5O2. The lowest BCUT2D eigenvalue weighted by molar-refractivity contribution is -0.133. The molecule has 0 aliphatic carbocycles. The molecule has 7 heteroatoms. The van der Waals surface area contributed by atoms with Crippen molar-refractivity contribution in [3.05, 3.63) is 59.3 Å². The van der Waals surface area contributed by atoms with Gasteiger partial charge >= 0.3 is 5.97 Å². The van der Waals surface area contributed by atoms with Crippen LogP contribution < -0.4 is 5.32 Å². The predicted octanol–water partition coefficient (Wildman–Crippen LogP) is 2.20. The minimum atomic E-state index is -0.992. The maximum Gasteiger partial charge on any atom is 0.335 e. The van der Waals surface area contributed by atoms with Gasteiger partial charge in [-0.15, -0.1) is 0 Å². The fourth-order valence-electron chi connectivity index (χ4n) is 3.07. The summed E-state index contributed by atoms with van der Waals surface area (Å²) in [5.41, 5.74) is 1.63. The number of aliphatic carboxylic acids is 1. The zero-order chi connectivity index (χ0) is 16.0. The van der Waals surface area contributed by atoms with Crippen molar-refractivity contribution in [1.29, 1.82) is 0 Å². The molecular weight excluding hydrogens is 294 g/mol. The first kappa shape index (κ1) is 13.4. The predicted molar refractivity (Wildman–Crippen MR) is 83.9 cm³/mol. The molecule has 0 saturated carbocycles. The molecule has 0 fully saturated rings. The van der Waals surface area contributed by atoms with Gasteiger partial charge in [0.05, 0.1) is 5.57 Å². The molecule has 2 N–H and O–H groups in total. The first-order valence-electron chi connectivity index (χ1n) is 7.13. The average molecular weight is 307 g/mol. The summed E-state index contributed by atoms with van der Waals surface area (Å²) in [4.78, 5) is 11.8. The SMILES string of the molecule is CC1=C(C(=O)O)C(c2cccc3ccccc23)n2nnnc2N1. The Kier molecular flexibility index (Phi) is 2.87. The summed E-state index contributed by atoms with van der Waals surface area (Å²) in [5, 5.41) is 26.2. The number of hydrogen-bond donors (Lipinski definition) is 2. The Balaban J connectivity index is 2.04. The molecule has 2 aromatic carbocycles. The normalized spacial score (nSPS) is 17.0. The van der Waals surface area contributed by atoms with E-state index in [9.17, 15) is 9.90 Å². The van der Waals surface area contributed by atoms with Gasteiger partial charge in [0.15, 0.2) is 0 Å². The van der Waals surface area contributed by atoms with Crippen LogP contribution in [0.15, 0.2) is 53.7 Å². The van der Waals surface area contributed by atoms with E-state index in [-0.39, 0.29) is 5.57 Å². The molecule has 0 spiro atoms. The lowest BCUT2D eigenvalue weighted by atomic mass is 9.92. The van der Waals surface area contributed by atoms with E-state index in [2.05, 4.69) is 20.8 Å². The molecule has 7 nitrogen and oxygen atoms in total. The molecule has 0 radical (unpaired) electrons. The van der Waals surface area contributed by atoms with E-state index in [1.54, 1.807) is 6.92 Å². The van der Waals surface area contributed by atoms with Gasteiger partial charge in [-0.1, -0.05) is 47.6 Å². The number of aromatic nitrogens is 4. The van der Waals surface area contributed by atoms with Gasteiger partial charge < -0.3 is 10.4 Å². The van der Waals surface area contributed by atoms with Gasteiger partial charge in [-0.2, -0.15) is 4.68 Å². The summed E-state index contributed by atoms with van der Waals surface area (Å²) in [6.45, 7) is 1.72. The molecule has 1 atom stereocenters. The number of rotatable bonds is 2. The van der Waals surface area contributed by atoms with Gasteiger partial charge in [-0.3, -0.25) is 0 Å². The number of nitrogens with one attached hydrogen (secondary N) is 1. The van der Waals surface area contributed by atoms with Crippen molar-refractivity contribution in [3.63, 3.8) is 0 Å². The van der Waals surface area contributed by atoms with Crippen molar-refractivity contribution in [2.24, 2.45) is 0 Å². The van der Waals surface area contributed by atoms with Gasteiger partial charge in [-0.05, 0) is 33.7 Å². The number of carbonyl (C=O) groups is 1.